The zero-order valence-corrected chi connectivity index (χ0v) is 41.2. The molecule has 1 saturated heterocycles. The van der Waals surface area contributed by atoms with E-state index in [1.165, 1.54) is 23.1 Å². The molecule has 4 heterocycles. The third-order valence-electron chi connectivity index (χ3n) is 14.1. The number of piperidine rings is 1. The molecule has 378 valence electrons. The van der Waals surface area contributed by atoms with Crippen molar-refractivity contribution in [2.75, 3.05) is 17.2 Å². The standard InChI is InChI=1S/C55H58ClF2N11O4/c56-35-17-24-39-41(28-35)52(50-43(57)11-9-12-44(50)58)62-29-34-30-63-55(67-51(34)39)64-38-18-15-33(16-19-38)46(68-59)31-61-37-22-20-36(21-23-37)60-27-7-5-3-1-2-4-6-14-48(70)65-45-13-8-10-40-42(45)32-69(54(40)73)47-25-26-49(71)66-53(47)72/h8-13,15-19,24,28,30-31,36-37,47,59-61H,1-7,14,20-23,25-27,29,32H2,(H,65,70)(H,63,64,67)(H,66,71,72)/b46-31-,68-59?/t36-,37+,47?. The zero-order chi connectivity index (χ0) is 50.8. The van der Waals surface area contributed by atoms with E-state index in [2.05, 4.69) is 41.7 Å². The van der Waals surface area contributed by atoms with E-state index in [4.69, 9.17) is 22.1 Å². The van der Waals surface area contributed by atoms with Gasteiger partial charge in [-0.25, -0.2) is 24.3 Å². The van der Waals surface area contributed by atoms with Crippen molar-refractivity contribution in [1.29, 1.82) is 5.53 Å². The highest BCUT2D eigenvalue weighted by atomic mass is 35.5. The molecule has 0 radical (unpaired) electrons. The fourth-order valence-corrected chi connectivity index (χ4v) is 10.3. The Morgan fingerprint density at radius 3 is 2.33 bits per heavy atom. The molecule has 4 aliphatic rings. The van der Waals surface area contributed by atoms with E-state index in [-0.39, 0.29) is 48.5 Å². The predicted molar refractivity (Wildman–Crippen MR) is 276 cm³/mol. The number of rotatable bonds is 20. The number of aliphatic imine (C=N–C) groups is 1. The van der Waals surface area contributed by atoms with Crippen molar-refractivity contribution in [1.82, 2.24) is 30.8 Å². The Morgan fingerprint density at radius 1 is 0.849 bits per heavy atom. The van der Waals surface area contributed by atoms with Crippen molar-refractivity contribution in [2.45, 2.75) is 121 Å². The number of nitrogens with one attached hydrogen (secondary N) is 6. The number of unbranched alkanes of at least 4 members (excludes halogenated alkanes) is 6. The van der Waals surface area contributed by atoms with Gasteiger partial charge in [-0.15, -0.1) is 0 Å². The molecular formula is C55H58ClF2N11O4. The summed E-state index contributed by atoms with van der Waals surface area (Å²) >= 11 is 6.38. The predicted octanol–water partition coefficient (Wildman–Crippen LogP) is 10.5. The second-order valence-electron chi connectivity index (χ2n) is 19.0. The van der Waals surface area contributed by atoms with Crippen LogP contribution in [0, 0.1) is 17.2 Å². The van der Waals surface area contributed by atoms with Gasteiger partial charge in [-0.3, -0.25) is 29.5 Å². The molecule has 4 amide bonds. The minimum absolute atomic E-state index is 0.0908. The summed E-state index contributed by atoms with van der Waals surface area (Å²) in [6, 6.07) is 21.7. The molecule has 0 spiro atoms. The molecule has 1 atom stereocenters. The fraction of sp³-hybridized carbons (Fsp3) is 0.364. The number of aromatic nitrogens is 2. The van der Waals surface area contributed by atoms with Crippen molar-refractivity contribution in [2.24, 2.45) is 10.1 Å². The molecular weight excluding hydrogens is 952 g/mol. The lowest BCUT2D eigenvalue weighted by Gasteiger charge is -2.29. The summed E-state index contributed by atoms with van der Waals surface area (Å²) in [6.45, 7) is 1.32. The lowest BCUT2D eigenvalue weighted by molar-refractivity contribution is -0.137. The molecule has 18 heteroatoms. The number of halogens is 3. The summed E-state index contributed by atoms with van der Waals surface area (Å²) in [5.41, 5.74) is 14.0. The summed E-state index contributed by atoms with van der Waals surface area (Å²) < 4.78 is 30.0. The summed E-state index contributed by atoms with van der Waals surface area (Å²) in [5, 5.41) is 20.0. The monoisotopic (exact) mass is 1010 g/mol. The molecule has 1 unspecified atom stereocenters. The van der Waals surface area contributed by atoms with Gasteiger partial charge < -0.3 is 26.2 Å². The van der Waals surface area contributed by atoms with Crippen molar-refractivity contribution in [3.8, 4) is 11.3 Å². The highest BCUT2D eigenvalue weighted by molar-refractivity contribution is 6.31. The maximum Gasteiger partial charge on any atom is 0.255 e. The number of hydrogen-bond donors (Lipinski definition) is 6. The van der Waals surface area contributed by atoms with E-state index in [0.717, 1.165) is 88.4 Å². The minimum Gasteiger partial charge on any atom is -0.386 e. The maximum absolute atomic E-state index is 15.0. The number of carbonyl (C=O) groups excluding carboxylic acids is 4. The Balaban J connectivity index is 0.650. The van der Waals surface area contributed by atoms with Gasteiger partial charge in [-0.2, -0.15) is 5.11 Å². The minimum atomic E-state index is -0.722. The first-order chi connectivity index (χ1) is 35.5. The quantitative estimate of drug-likeness (QED) is 0.0249. The Hall–Kier alpha value is -7.24. The molecule has 1 aliphatic carbocycles. The van der Waals surface area contributed by atoms with Crippen LogP contribution in [0.15, 0.2) is 101 Å². The summed E-state index contributed by atoms with van der Waals surface area (Å²) in [4.78, 5) is 65.4. The highest BCUT2D eigenvalue weighted by Gasteiger charge is 2.40. The van der Waals surface area contributed by atoms with Gasteiger partial charge in [0.1, 0.15) is 23.4 Å². The van der Waals surface area contributed by atoms with Crippen LogP contribution in [0.5, 0.6) is 0 Å². The molecule has 6 N–H and O–H groups in total. The van der Waals surface area contributed by atoms with Gasteiger partial charge in [0.25, 0.3) is 5.91 Å². The summed E-state index contributed by atoms with van der Waals surface area (Å²) in [7, 11) is 0. The summed E-state index contributed by atoms with van der Waals surface area (Å²) in [5.74, 6) is -2.26. The van der Waals surface area contributed by atoms with Crippen molar-refractivity contribution < 1.29 is 28.0 Å². The van der Waals surface area contributed by atoms with E-state index in [9.17, 15) is 28.0 Å². The third kappa shape index (κ3) is 12.2. The van der Waals surface area contributed by atoms with Gasteiger partial charge in [0, 0.05) is 93.6 Å². The van der Waals surface area contributed by atoms with Gasteiger partial charge in [-0.1, -0.05) is 74.0 Å². The molecule has 0 bridgehead atoms. The van der Waals surface area contributed by atoms with Crippen molar-refractivity contribution >= 4 is 64.0 Å². The topological polar surface area (TPSA) is 206 Å². The molecule has 5 aromatic rings. The van der Waals surface area contributed by atoms with Crippen LogP contribution in [0.1, 0.15) is 128 Å². The number of benzene rings is 4. The molecule has 1 aromatic heterocycles. The van der Waals surface area contributed by atoms with E-state index >= 15 is 0 Å². The number of amides is 4. The Kier molecular flexibility index (Phi) is 16.3. The lowest BCUT2D eigenvalue weighted by atomic mass is 9.91. The highest BCUT2D eigenvalue weighted by Crippen LogP contribution is 2.36. The van der Waals surface area contributed by atoms with Crippen molar-refractivity contribution in [3.63, 3.8) is 0 Å². The smallest absolute Gasteiger partial charge is 0.255 e. The third-order valence-corrected chi connectivity index (χ3v) is 14.3. The maximum atomic E-state index is 15.0. The number of anilines is 3. The van der Waals surface area contributed by atoms with E-state index < -0.39 is 23.6 Å². The molecule has 3 aliphatic heterocycles. The molecule has 73 heavy (non-hydrogen) atoms. The van der Waals surface area contributed by atoms with Crippen molar-refractivity contribution in [3.05, 3.63) is 141 Å². The van der Waals surface area contributed by atoms with E-state index in [0.29, 0.717) is 80.8 Å². The van der Waals surface area contributed by atoms with Gasteiger partial charge >= 0.3 is 0 Å². The van der Waals surface area contributed by atoms with Crippen LogP contribution < -0.4 is 26.6 Å². The SMILES string of the molecule is N=N/C(=C\N[C@H]1CC[C@@H](NCCCCCCCCCC(=O)Nc2cccc3c2CN(C2CCC(=O)NC2=O)C3=O)CC1)c1ccc(Nc2ncc3c(n2)-c2ccc(Cl)cc2C(c2c(F)cccc2F)=NC3)cc1. The van der Waals surface area contributed by atoms with Crippen LogP contribution in [-0.4, -0.2) is 68.9 Å². The number of carbonyl (C=O) groups is 4. The zero-order valence-electron chi connectivity index (χ0n) is 40.4. The second-order valence-corrected chi connectivity index (χ2v) is 19.5. The van der Waals surface area contributed by atoms with Crippen LogP contribution in [0.2, 0.25) is 5.02 Å². The number of hydrogen-bond acceptors (Lipinski definition) is 12. The van der Waals surface area contributed by atoms with Gasteiger partial charge in [-0.05, 0) is 100 Å². The fourth-order valence-electron chi connectivity index (χ4n) is 10.1. The van der Waals surface area contributed by atoms with Gasteiger partial charge in [0.05, 0.1) is 23.5 Å². The van der Waals surface area contributed by atoms with Crippen LogP contribution in [0.4, 0.5) is 26.1 Å². The largest absolute Gasteiger partial charge is 0.386 e. The normalized spacial score (nSPS) is 18.5. The summed E-state index contributed by atoms with van der Waals surface area (Å²) in [6.07, 6.45) is 15.9. The Bertz CT molecular complexity index is 2940. The lowest BCUT2D eigenvalue weighted by Crippen LogP contribution is -2.52. The van der Waals surface area contributed by atoms with Crippen LogP contribution >= 0.6 is 11.6 Å². The Morgan fingerprint density at radius 2 is 1.58 bits per heavy atom. The van der Waals surface area contributed by atoms with E-state index in [1.54, 1.807) is 42.6 Å². The van der Waals surface area contributed by atoms with Crippen LogP contribution in [0.25, 0.3) is 17.0 Å². The molecule has 15 nitrogen and oxygen atoms in total. The molecule has 9 rings (SSSR count). The average molecular weight is 1010 g/mol. The van der Waals surface area contributed by atoms with Gasteiger partial charge in [0.2, 0.25) is 23.7 Å². The first kappa shape index (κ1) is 50.7. The van der Waals surface area contributed by atoms with Crippen LogP contribution in [0.3, 0.4) is 0 Å². The van der Waals surface area contributed by atoms with Gasteiger partial charge in [0.15, 0.2) is 0 Å². The molecule has 4 aromatic carbocycles. The first-order valence-electron chi connectivity index (χ1n) is 25.2. The number of imide groups is 1. The number of nitrogens with zero attached hydrogens (tertiary/aromatic N) is 5. The Labute approximate surface area is 427 Å². The molecule has 1 saturated carbocycles. The molecule has 2 fully saturated rings. The van der Waals surface area contributed by atoms with E-state index in [1.807, 2.05) is 30.5 Å². The first-order valence-corrected chi connectivity index (χ1v) is 25.6. The number of fused-ring (bicyclic) bond motifs is 4. The van der Waals surface area contributed by atoms with Crippen LogP contribution in [-0.2, 0) is 27.5 Å². The second kappa shape index (κ2) is 23.5. The average Bonchev–Trinajstić information content (AvgIpc) is 3.64.